The van der Waals surface area contributed by atoms with E-state index in [-0.39, 0.29) is 17.7 Å². The number of methoxy groups -OCH3 is 1. The Labute approximate surface area is 101 Å². The Kier molecular flexibility index (Phi) is 4.34. The smallest absolute Gasteiger partial charge is 0.254 e. The van der Waals surface area contributed by atoms with Crippen molar-refractivity contribution in [2.24, 2.45) is 16.8 Å². The number of ether oxygens (including phenoxy) is 1. The lowest BCUT2D eigenvalue weighted by Crippen LogP contribution is -2.51. The molecule has 6 heteroatoms. The van der Waals surface area contributed by atoms with E-state index in [9.17, 15) is 4.79 Å². The first-order chi connectivity index (χ1) is 7.92. The molecule has 0 aliphatic carbocycles. The van der Waals surface area contributed by atoms with Crippen LogP contribution in [0.4, 0.5) is 0 Å². The van der Waals surface area contributed by atoms with Gasteiger partial charge in [-0.1, -0.05) is 5.16 Å². The number of nitrogens with zero attached hydrogens (tertiary/aromatic N) is 2. The Morgan fingerprint density at radius 2 is 2.24 bits per heavy atom. The van der Waals surface area contributed by atoms with Crippen molar-refractivity contribution in [3.05, 3.63) is 0 Å². The molecule has 0 radical (unpaired) electrons. The summed E-state index contributed by atoms with van der Waals surface area (Å²) in [4.78, 5) is 13.9. The monoisotopic (exact) mass is 243 g/mol. The number of hydrogen-bond acceptors (Lipinski definition) is 4. The van der Waals surface area contributed by atoms with Crippen LogP contribution in [0.1, 0.15) is 26.7 Å². The summed E-state index contributed by atoms with van der Waals surface area (Å²) in [7, 11) is 1.52. The van der Waals surface area contributed by atoms with Crippen molar-refractivity contribution in [3.8, 4) is 0 Å². The highest BCUT2D eigenvalue weighted by Crippen LogP contribution is 2.21. The van der Waals surface area contributed by atoms with Crippen molar-refractivity contribution >= 4 is 11.7 Å². The SMILES string of the molecule is COC(C)(C)C(=O)N1CCCC(C(N)=NO)C1. The lowest BCUT2D eigenvalue weighted by Gasteiger charge is -2.36. The lowest BCUT2D eigenvalue weighted by molar-refractivity contribution is -0.152. The highest BCUT2D eigenvalue weighted by Gasteiger charge is 2.35. The van der Waals surface area contributed by atoms with E-state index in [1.807, 2.05) is 0 Å². The number of piperidine rings is 1. The van der Waals surface area contributed by atoms with Crippen molar-refractivity contribution < 1.29 is 14.7 Å². The van der Waals surface area contributed by atoms with Gasteiger partial charge in [0.2, 0.25) is 0 Å². The molecule has 1 atom stereocenters. The third-order valence-corrected chi connectivity index (χ3v) is 3.27. The number of carbonyl (C=O) groups excluding carboxylic acids is 1. The molecule has 0 aromatic heterocycles. The highest BCUT2D eigenvalue weighted by molar-refractivity contribution is 5.86. The second kappa shape index (κ2) is 5.35. The average Bonchev–Trinajstić information content (AvgIpc) is 2.36. The van der Waals surface area contributed by atoms with Crippen LogP contribution in [0.2, 0.25) is 0 Å². The molecular weight excluding hydrogens is 222 g/mol. The van der Waals surface area contributed by atoms with Crippen molar-refractivity contribution in [1.82, 2.24) is 4.90 Å². The van der Waals surface area contributed by atoms with Gasteiger partial charge in [0.25, 0.3) is 5.91 Å². The van der Waals surface area contributed by atoms with Crippen molar-refractivity contribution in [1.29, 1.82) is 0 Å². The molecule has 0 aromatic carbocycles. The molecule has 1 heterocycles. The van der Waals surface area contributed by atoms with Crippen molar-refractivity contribution in [3.63, 3.8) is 0 Å². The summed E-state index contributed by atoms with van der Waals surface area (Å²) in [6.45, 7) is 4.66. The molecule has 0 bridgehead atoms. The maximum atomic E-state index is 12.2. The molecule has 17 heavy (non-hydrogen) atoms. The quantitative estimate of drug-likeness (QED) is 0.325. The molecule has 0 aromatic rings. The van der Waals surface area contributed by atoms with Gasteiger partial charge in [0.05, 0.1) is 0 Å². The summed E-state index contributed by atoms with van der Waals surface area (Å²) < 4.78 is 5.17. The number of nitrogens with two attached hydrogens (primary N) is 1. The molecule has 1 fully saturated rings. The van der Waals surface area contributed by atoms with E-state index in [0.717, 1.165) is 12.8 Å². The molecular formula is C11H21N3O3. The molecule has 0 saturated carbocycles. The fraction of sp³-hybridized carbons (Fsp3) is 0.818. The van der Waals surface area contributed by atoms with Gasteiger partial charge in [0, 0.05) is 26.1 Å². The number of likely N-dealkylation sites (tertiary alicyclic amines) is 1. The fourth-order valence-corrected chi connectivity index (χ4v) is 1.95. The van der Waals surface area contributed by atoms with Gasteiger partial charge in [-0.05, 0) is 26.7 Å². The Morgan fingerprint density at radius 3 is 2.76 bits per heavy atom. The van der Waals surface area contributed by atoms with E-state index in [4.69, 9.17) is 15.7 Å². The Bertz CT molecular complexity index is 315. The van der Waals surface area contributed by atoms with E-state index >= 15 is 0 Å². The zero-order valence-corrected chi connectivity index (χ0v) is 10.6. The Balaban J connectivity index is 2.70. The highest BCUT2D eigenvalue weighted by atomic mass is 16.5. The van der Waals surface area contributed by atoms with Crippen molar-refractivity contribution in [2.75, 3.05) is 20.2 Å². The Hall–Kier alpha value is -1.30. The minimum atomic E-state index is -0.826. The van der Waals surface area contributed by atoms with Crippen LogP contribution in [0.25, 0.3) is 0 Å². The van der Waals surface area contributed by atoms with Crippen LogP contribution >= 0.6 is 0 Å². The average molecular weight is 243 g/mol. The summed E-state index contributed by atoms with van der Waals surface area (Å²) in [6.07, 6.45) is 1.69. The van der Waals surface area contributed by atoms with E-state index in [0.29, 0.717) is 13.1 Å². The van der Waals surface area contributed by atoms with Gasteiger partial charge in [0.1, 0.15) is 11.4 Å². The van der Waals surface area contributed by atoms with Gasteiger partial charge in [-0.25, -0.2) is 0 Å². The summed E-state index contributed by atoms with van der Waals surface area (Å²) in [5.41, 5.74) is 4.76. The first-order valence-corrected chi connectivity index (χ1v) is 5.74. The van der Waals surface area contributed by atoms with Crippen LogP contribution in [-0.2, 0) is 9.53 Å². The number of amides is 1. The first kappa shape index (κ1) is 13.8. The maximum Gasteiger partial charge on any atom is 0.254 e. The number of oxime groups is 1. The summed E-state index contributed by atoms with van der Waals surface area (Å²) in [6, 6.07) is 0. The second-order valence-corrected chi connectivity index (χ2v) is 4.83. The molecule has 1 aliphatic heterocycles. The standard InChI is InChI=1S/C11H21N3O3/c1-11(2,17-3)10(15)14-6-4-5-8(7-14)9(12)13-16/h8,16H,4-7H2,1-3H3,(H2,12,13). The van der Waals surface area contributed by atoms with Gasteiger partial charge in [-0.15, -0.1) is 0 Å². The van der Waals surface area contributed by atoms with Gasteiger partial charge in [-0.3, -0.25) is 4.79 Å². The lowest BCUT2D eigenvalue weighted by atomic mass is 9.95. The van der Waals surface area contributed by atoms with Crippen molar-refractivity contribution in [2.45, 2.75) is 32.3 Å². The zero-order valence-electron chi connectivity index (χ0n) is 10.6. The molecule has 1 saturated heterocycles. The van der Waals surface area contributed by atoms with E-state index in [1.54, 1.807) is 18.7 Å². The third kappa shape index (κ3) is 3.09. The van der Waals surface area contributed by atoms with E-state index in [1.165, 1.54) is 7.11 Å². The van der Waals surface area contributed by atoms with Crippen LogP contribution < -0.4 is 5.73 Å². The van der Waals surface area contributed by atoms with Crippen LogP contribution in [0.3, 0.4) is 0 Å². The number of rotatable bonds is 3. The molecule has 1 amide bonds. The first-order valence-electron chi connectivity index (χ1n) is 5.74. The zero-order chi connectivity index (χ0) is 13.1. The largest absolute Gasteiger partial charge is 0.409 e. The molecule has 1 unspecified atom stereocenters. The number of hydrogen-bond donors (Lipinski definition) is 2. The molecule has 3 N–H and O–H groups in total. The summed E-state index contributed by atoms with van der Waals surface area (Å²) >= 11 is 0. The number of amidine groups is 1. The van der Waals surface area contributed by atoms with Gasteiger partial charge < -0.3 is 20.6 Å². The predicted molar refractivity (Wildman–Crippen MR) is 63.8 cm³/mol. The number of carbonyl (C=O) groups is 1. The van der Waals surface area contributed by atoms with Crippen LogP contribution in [0, 0.1) is 5.92 Å². The van der Waals surface area contributed by atoms with Gasteiger partial charge in [-0.2, -0.15) is 0 Å². The topological polar surface area (TPSA) is 88.2 Å². The summed E-state index contributed by atoms with van der Waals surface area (Å²) in [5, 5.41) is 11.7. The second-order valence-electron chi connectivity index (χ2n) is 4.83. The fourth-order valence-electron chi connectivity index (χ4n) is 1.95. The molecule has 0 spiro atoms. The molecule has 1 rings (SSSR count). The maximum absolute atomic E-state index is 12.2. The van der Waals surface area contributed by atoms with Gasteiger partial charge >= 0.3 is 0 Å². The minimum Gasteiger partial charge on any atom is -0.409 e. The Morgan fingerprint density at radius 1 is 1.59 bits per heavy atom. The van der Waals surface area contributed by atoms with E-state index in [2.05, 4.69) is 5.16 Å². The summed E-state index contributed by atoms with van der Waals surface area (Å²) in [5.74, 6) is 0.0681. The molecule has 6 nitrogen and oxygen atoms in total. The normalized spacial score (nSPS) is 22.6. The van der Waals surface area contributed by atoms with Crippen LogP contribution in [0.15, 0.2) is 5.16 Å². The third-order valence-electron chi connectivity index (χ3n) is 3.27. The minimum absolute atomic E-state index is 0.0598. The van der Waals surface area contributed by atoms with Crippen LogP contribution in [-0.4, -0.2) is 47.7 Å². The van der Waals surface area contributed by atoms with Crippen LogP contribution in [0.5, 0.6) is 0 Å². The predicted octanol–water partition coefficient (Wildman–Crippen LogP) is 0.396. The van der Waals surface area contributed by atoms with E-state index < -0.39 is 5.60 Å². The molecule has 1 aliphatic rings. The molecule has 98 valence electrons. The van der Waals surface area contributed by atoms with Gasteiger partial charge in [0.15, 0.2) is 0 Å².